The molecule has 0 saturated carbocycles. The fourth-order valence-electron chi connectivity index (χ4n) is 0.574. The van der Waals surface area contributed by atoms with Gasteiger partial charge in [0.15, 0.2) is 0 Å². The van der Waals surface area contributed by atoms with Crippen LogP contribution in [0.2, 0.25) is 0 Å². The third kappa shape index (κ3) is 4.46. The van der Waals surface area contributed by atoms with Crippen LogP contribution in [0.4, 0.5) is 0 Å². The number of carboxylic acid groups (broad SMARTS) is 1. The predicted octanol–water partition coefficient (Wildman–Crippen LogP) is -0.702. The molecule has 3 N–H and O–H groups in total. The summed E-state index contributed by atoms with van der Waals surface area (Å²) in [4.78, 5) is 10.1. The minimum atomic E-state index is -1.13. The maximum atomic E-state index is 10.1. The number of carboxylic acids is 1. The van der Waals surface area contributed by atoms with Crippen LogP contribution in [0.3, 0.4) is 0 Å². The summed E-state index contributed by atoms with van der Waals surface area (Å²) in [5.41, 5.74) is 3.71. The monoisotopic (exact) mass is 167 g/mol. The number of benzene rings is 1. The van der Waals surface area contributed by atoms with E-state index in [-0.39, 0.29) is 5.56 Å². The zero-order valence-electron chi connectivity index (χ0n) is 7.12. The standard InChI is InChI=1S/C7H6O2.C2H7N/c8-7(9)6-4-2-1-3-5-6;1-2-3/h1-5H,(H,8,9);2-3H2,1H3. The van der Waals surface area contributed by atoms with Crippen LogP contribution in [-0.4, -0.2) is 12.5 Å². The third-order valence-electron chi connectivity index (χ3n) is 1.01. The largest absolute Gasteiger partial charge is 0.545 e. The Labute approximate surface area is 71.8 Å². The highest BCUT2D eigenvalue weighted by Gasteiger charge is 1.85. The number of rotatable bonds is 1. The van der Waals surface area contributed by atoms with Gasteiger partial charge in [0, 0.05) is 0 Å². The lowest BCUT2D eigenvalue weighted by Crippen LogP contribution is -2.48. The Balaban J connectivity index is 0.000000354. The van der Waals surface area contributed by atoms with Gasteiger partial charge in [0.1, 0.15) is 0 Å². The highest BCUT2D eigenvalue weighted by Crippen LogP contribution is 1.94. The van der Waals surface area contributed by atoms with E-state index in [1.165, 1.54) is 12.1 Å². The van der Waals surface area contributed by atoms with E-state index >= 15 is 0 Å². The van der Waals surface area contributed by atoms with Crippen molar-refractivity contribution in [3.63, 3.8) is 0 Å². The molecule has 3 nitrogen and oxygen atoms in total. The summed E-state index contributed by atoms with van der Waals surface area (Å²) in [5.74, 6) is -1.13. The van der Waals surface area contributed by atoms with Gasteiger partial charge >= 0.3 is 0 Å². The Hall–Kier alpha value is -1.35. The van der Waals surface area contributed by atoms with Gasteiger partial charge in [-0.3, -0.25) is 0 Å². The normalized spacial score (nSPS) is 8.17. The number of carbonyl (C=O) groups is 1. The van der Waals surface area contributed by atoms with Crippen LogP contribution in [0.25, 0.3) is 0 Å². The highest BCUT2D eigenvalue weighted by molar-refractivity contribution is 5.85. The van der Waals surface area contributed by atoms with Gasteiger partial charge in [-0.05, 0) is 12.5 Å². The Kier molecular flexibility index (Phi) is 5.65. The molecule has 0 saturated heterocycles. The molecule has 0 aliphatic carbocycles. The number of quaternary nitrogens is 1. The molecule has 1 aromatic carbocycles. The first kappa shape index (κ1) is 10.7. The fraction of sp³-hybridized carbons (Fsp3) is 0.222. The van der Waals surface area contributed by atoms with Gasteiger partial charge in [0.05, 0.1) is 12.5 Å². The zero-order valence-corrected chi connectivity index (χ0v) is 7.12. The van der Waals surface area contributed by atoms with Crippen LogP contribution in [-0.2, 0) is 0 Å². The van der Waals surface area contributed by atoms with Crippen molar-refractivity contribution in [2.45, 2.75) is 6.92 Å². The molecule has 0 unspecified atom stereocenters. The van der Waals surface area contributed by atoms with Crippen molar-refractivity contribution in [3.05, 3.63) is 35.9 Å². The van der Waals surface area contributed by atoms with Crippen molar-refractivity contribution in [2.24, 2.45) is 0 Å². The first-order chi connectivity index (χ1) is 5.72. The molecule has 0 amide bonds. The molecule has 0 aromatic heterocycles. The van der Waals surface area contributed by atoms with Crippen molar-refractivity contribution < 1.29 is 15.6 Å². The molecule has 0 atom stereocenters. The molecule has 0 spiro atoms. The lowest BCUT2D eigenvalue weighted by Gasteiger charge is -1.97. The summed E-state index contributed by atoms with van der Waals surface area (Å²) >= 11 is 0. The van der Waals surface area contributed by atoms with Crippen LogP contribution in [0.5, 0.6) is 0 Å². The second kappa shape index (κ2) is 6.37. The smallest absolute Gasteiger partial charge is 0.0715 e. The minimum absolute atomic E-state index is 0.220. The molecule has 0 aliphatic rings. The average Bonchev–Trinajstić information content (AvgIpc) is 2.07. The Morgan fingerprint density at radius 3 is 2.08 bits per heavy atom. The fourth-order valence-corrected chi connectivity index (χ4v) is 0.574. The lowest BCUT2D eigenvalue weighted by atomic mass is 10.2. The summed E-state index contributed by atoms with van der Waals surface area (Å²) in [6.45, 7) is 3.01. The quantitative estimate of drug-likeness (QED) is 0.601. The molecule has 12 heavy (non-hydrogen) atoms. The van der Waals surface area contributed by atoms with E-state index in [0.29, 0.717) is 0 Å². The van der Waals surface area contributed by atoms with Crippen molar-refractivity contribution in [1.29, 1.82) is 0 Å². The van der Waals surface area contributed by atoms with E-state index < -0.39 is 5.97 Å². The van der Waals surface area contributed by atoms with E-state index in [9.17, 15) is 9.90 Å². The summed E-state index contributed by atoms with van der Waals surface area (Å²) < 4.78 is 0. The maximum absolute atomic E-state index is 10.1. The van der Waals surface area contributed by atoms with Gasteiger partial charge < -0.3 is 15.6 Å². The van der Waals surface area contributed by atoms with Crippen LogP contribution in [0.1, 0.15) is 17.3 Å². The van der Waals surface area contributed by atoms with Gasteiger partial charge in [0.25, 0.3) is 0 Å². The highest BCUT2D eigenvalue weighted by atomic mass is 16.4. The predicted molar refractivity (Wildman–Crippen MR) is 44.2 cm³/mol. The van der Waals surface area contributed by atoms with E-state index in [2.05, 4.69) is 5.73 Å². The molecule has 0 aliphatic heterocycles. The van der Waals surface area contributed by atoms with Crippen molar-refractivity contribution in [3.8, 4) is 0 Å². The van der Waals surface area contributed by atoms with Crippen LogP contribution in [0.15, 0.2) is 30.3 Å². The van der Waals surface area contributed by atoms with Crippen molar-refractivity contribution in [2.75, 3.05) is 6.54 Å². The molecule has 3 heteroatoms. The molecule has 1 aromatic rings. The summed E-state index contributed by atoms with van der Waals surface area (Å²) in [5, 5.41) is 10.1. The Morgan fingerprint density at radius 1 is 1.42 bits per heavy atom. The topological polar surface area (TPSA) is 67.8 Å². The van der Waals surface area contributed by atoms with Gasteiger partial charge in [-0.2, -0.15) is 0 Å². The Bertz CT molecular complexity index is 221. The second-order valence-corrected chi connectivity index (χ2v) is 2.15. The average molecular weight is 167 g/mol. The SMILES string of the molecule is CC[NH3+].O=C([O-])c1ccccc1. The summed E-state index contributed by atoms with van der Waals surface area (Å²) in [7, 11) is 0. The van der Waals surface area contributed by atoms with Crippen molar-refractivity contribution >= 4 is 5.97 Å². The van der Waals surface area contributed by atoms with Gasteiger partial charge in [0.2, 0.25) is 0 Å². The number of aromatic carboxylic acids is 1. The van der Waals surface area contributed by atoms with Crippen LogP contribution >= 0.6 is 0 Å². The van der Waals surface area contributed by atoms with E-state index in [0.717, 1.165) is 6.54 Å². The lowest BCUT2D eigenvalue weighted by molar-refractivity contribution is -0.361. The Morgan fingerprint density at radius 2 is 1.83 bits per heavy atom. The van der Waals surface area contributed by atoms with Gasteiger partial charge in [-0.1, -0.05) is 30.3 Å². The molecular formula is C9H13NO2. The summed E-state index contributed by atoms with van der Waals surface area (Å²) in [6.07, 6.45) is 0. The minimum Gasteiger partial charge on any atom is -0.545 e. The van der Waals surface area contributed by atoms with E-state index in [4.69, 9.17) is 0 Å². The summed E-state index contributed by atoms with van der Waals surface area (Å²) in [6, 6.07) is 8.06. The number of hydrogen-bond donors (Lipinski definition) is 1. The maximum Gasteiger partial charge on any atom is 0.0715 e. The van der Waals surface area contributed by atoms with Gasteiger partial charge in [-0.25, -0.2) is 0 Å². The third-order valence-corrected chi connectivity index (χ3v) is 1.01. The second-order valence-electron chi connectivity index (χ2n) is 2.15. The van der Waals surface area contributed by atoms with Gasteiger partial charge in [-0.15, -0.1) is 0 Å². The van der Waals surface area contributed by atoms with Crippen LogP contribution in [0, 0.1) is 0 Å². The number of hydrogen-bond acceptors (Lipinski definition) is 2. The molecular weight excluding hydrogens is 154 g/mol. The molecule has 0 radical (unpaired) electrons. The first-order valence-corrected chi connectivity index (χ1v) is 3.78. The zero-order chi connectivity index (χ0) is 9.40. The molecule has 1 rings (SSSR count). The molecule has 0 heterocycles. The van der Waals surface area contributed by atoms with Crippen LogP contribution < -0.4 is 10.8 Å². The number of carbonyl (C=O) groups excluding carboxylic acids is 1. The molecule has 66 valence electrons. The first-order valence-electron chi connectivity index (χ1n) is 3.78. The van der Waals surface area contributed by atoms with E-state index in [1.807, 2.05) is 6.92 Å². The molecule has 0 bridgehead atoms. The molecule has 0 fully saturated rings. The van der Waals surface area contributed by atoms with Crippen molar-refractivity contribution in [1.82, 2.24) is 0 Å². The van der Waals surface area contributed by atoms with E-state index in [1.54, 1.807) is 18.2 Å².